The van der Waals surface area contributed by atoms with E-state index in [9.17, 15) is 0 Å². The van der Waals surface area contributed by atoms with E-state index in [2.05, 4.69) is 12.2 Å². The van der Waals surface area contributed by atoms with Gasteiger partial charge >= 0.3 is 0 Å². The van der Waals surface area contributed by atoms with E-state index < -0.39 is 0 Å². The van der Waals surface area contributed by atoms with Crippen molar-refractivity contribution in [3.63, 3.8) is 0 Å². The Labute approximate surface area is 126 Å². The van der Waals surface area contributed by atoms with Crippen molar-refractivity contribution in [1.82, 2.24) is 5.32 Å². The van der Waals surface area contributed by atoms with Crippen molar-refractivity contribution >= 4 is 11.6 Å². The topological polar surface area (TPSA) is 30.5 Å². The molecule has 0 saturated heterocycles. The molecule has 0 spiro atoms. The van der Waals surface area contributed by atoms with Gasteiger partial charge in [-0.2, -0.15) is 0 Å². The van der Waals surface area contributed by atoms with Gasteiger partial charge in [0.1, 0.15) is 0 Å². The molecule has 1 aliphatic rings. The number of nitrogens with one attached hydrogen (secondary N) is 1. The number of benzene rings is 1. The Balaban J connectivity index is 1.98. The first-order valence-electron chi connectivity index (χ1n) is 7.44. The monoisotopic (exact) mass is 297 g/mol. The molecule has 0 atom stereocenters. The van der Waals surface area contributed by atoms with E-state index in [0.29, 0.717) is 17.4 Å². The van der Waals surface area contributed by atoms with Gasteiger partial charge in [-0.15, -0.1) is 0 Å². The number of hydrogen-bond acceptors (Lipinski definition) is 3. The molecule has 1 fully saturated rings. The first kappa shape index (κ1) is 15.5. The van der Waals surface area contributed by atoms with Gasteiger partial charge in [-0.1, -0.05) is 31.4 Å². The van der Waals surface area contributed by atoms with Gasteiger partial charge in [-0.3, -0.25) is 0 Å². The third-order valence-electron chi connectivity index (χ3n) is 3.51. The predicted molar refractivity (Wildman–Crippen MR) is 82.8 cm³/mol. The zero-order valence-corrected chi connectivity index (χ0v) is 13.1. The molecule has 20 heavy (non-hydrogen) atoms. The van der Waals surface area contributed by atoms with E-state index in [4.69, 9.17) is 21.1 Å². The van der Waals surface area contributed by atoms with Crippen LogP contribution >= 0.6 is 11.6 Å². The minimum Gasteiger partial charge on any atom is -0.493 e. The lowest BCUT2D eigenvalue weighted by atomic mass is 10.2. The molecule has 0 bridgehead atoms. The molecule has 4 heteroatoms. The van der Waals surface area contributed by atoms with Crippen molar-refractivity contribution in [1.29, 1.82) is 0 Å². The molecule has 0 heterocycles. The third-order valence-corrected chi connectivity index (χ3v) is 3.80. The summed E-state index contributed by atoms with van der Waals surface area (Å²) in [4.78, 5) is 0. The summed E-state index contributed by atoms with van der Waals surface area (Å²) in [6.07, 6.45) is 4.92. The second-order valence-electron chi connectivity index (χ2n) is 5.37. The number of rotatable bonds is 9. The van der Waals surface area contributed by atoms with Crippen LogP contribution in [0.2, 0.25) is 5.02 Å². The standard InChI is InChI=1S/C16H24ClNO2/c1-3-7-18-11-13-9-14(17)16(15(10-13)19-2)20-8-6-12-4-5-12/h9-10,12,18H,3-8,11H2,1-2H3. The van der Waals surface area contributed by atoms with E-state index in [1.165, 1.54) is 12.8 Å². The molecular formula is C16H24ClNO2. The summed E-state index contributed by atoms with van der Waals surface area (Å²) in [6, 6.07) is 3.96. The van der Waals surface area contributed by atoms with Crippen molar-refractivity contribution < 1.29 is 9.47 Å². The molecule has 112 valence electrons. The minimum absolute atomic E-state index is 0.633. The molecule has 1 aliphatic carbocycles. The normalized spacial score (nSPS) is 14.3. The van der Waals surface area contributed by atoms with E-state index >= 15 is 0 Å². The van der Waals surface area contributed by atoms with Crippen molar-refractivity contribution in [3.05, 3.63) is 22.7 Å². The second-order valence-corrected chi connectivity index (χ2v) is 5.77. The van der Waals surface area contributed by atoms with Crippen LogP contribution in [0.4, 0.5) is 0 Å². The fourth-order valence-corrected chi connectivity index (χ4v) is 2.45. The summed E-state index contributed by atoms with van der Waals surface area (Å²) in [5.74, 6) is 2.26. The molecule has 1 N–H and O–H groups in total. The lowest BCUT2D eigenvalue weighted by molar-refractivity contribution is 0.283. The van der Waals surface area contributed by atoms with Gasteiger partial charge in [0.05, 0.1) is 18.7 Å². The van der Waals surface area contributed by atoms with Crippen LogP contribution < -0.4 is 14.8 Å². The Bertz CT molecular complexity index is 433. The van der Waals surface area contributed by atoms with E-state index in [0.717, 1.165) is 43.2 Å². The Morgan fingerprint density at radius 1 is 1.35 bits per heavy atom. The molecule has 0 aliphatic heterocycles. The molecule has 0 radical (unpaired) electrons. The molecule has 0 aromatic heterocycles. The largest absolute Gasteiger partial charge is 0.493 e. The summed E-state index contributed by atoms with van der Waals surface area (Å²) in [5, 5.41) is 3.99. The maximum absolute atomic E-state index is 6.32. The van der Waals surface area contributed by atoms with Gasteiger partial charge in [0.15, 0.2) is 11.5 Å². The van der Waals surface area contributed by atoms with Crippen LogP contribution in [0.15, 0.2) is 12.1 Å². The molecule has 0 amide bonds. The fraction of sp³-hybridized carbons (Fsp3) is 0.625. The van der Waals surface area contributed by atoms with Crippen LogP contribution in [0.3, 0.4) is 0 Å². The fourth-order valence-electron chi connectivity index (χ4n) is 2.16. The van der Waals surface area contributed by atoms with Crippen LogP contribution in [0, 0.1) is 5.92 Å². The number of halogens is 1. The van der Waals surface area contributed by atoms with E-state index in [-0.39, 0.29) is 0 Å². The maximum Gasteiger partial charge on any atom is 0.179 e. The zero-order valence-electron chi connectivity index (χ0n) is 12.4. The van der Waals surface area contributed by atoms with E-state index in [1.54, 1.807) is 7.11 Å². The van der Waals surface area contributed by atoms with Crippen LogP contribution in [0.25, 0.3) is 0 Å². The molecule has 1 aromatic carbocycles. The predicted octanol–water partition coefficient (Wildman–Crippen LogP) is 4.03. The SMILES string of the molecule is CCCNCc1cc(Cl)c(OCCC2CC2)c(OC)c1. The summed E-state index contributed by atoms with van der Waals surface area (Å²) >= 11 is 6.32. The highest BCUT2D eigenvalue weighted by Crippen LogP contribution is 2.38. The summed E-state index contributed by atoms with van der Waals surface area (Å²) in [5.41, 5.74) is 1.12. The van der Waals surface area contributed by atoms with Gasteiger partial charge in [0.25, 0.3) is 0 Å². The van der Waals surface area contributed by atoms with Crippen LogP contribution in [-0.2, 0) is 6.54 Å². The maximum atomic E-state index is 6.32. The highest BCUT2D eigenvalue weighted by molar-refractivity contribution is 6.32. The van der Waals surface area contributed by atoms with Crippen molar-refractivity contribution in [2.75, 3.05) is 20.3 Å². The van der Waals surface area contributed by atoms with Crippen LogP contribution in [-0.4, -0.2) is 20.3 Å². The second kappa shape index (κ2) is 7.75. The molecule has 0 unspecified atom stereocenters. The van der Waals surface area contributed by atoms with Crippen molar-refractivity contribution in [2.24, 2.45) is 5.92 Å². The average Bonchev–Trinajstić information content (AvgIpc) is 3.25. The van der Waals surface area contributed by atoms with Gasteiger partial charge < -0.3 is 14.8 Å². The first-order chi connectivity index (χ1) is 9.74. The van der Waals surface area contributed by atoms with Gasteiger partial charge in [0, 0.05) is 6.54 Å². The number of ether oxygens (including phenoxy) is 2. The third kappa shape index (κ3) is 4.57. The Hall–Kier alpha value is -0.930. The molecule has 2 rings (SSSR count). The van der Waals surface area contributed by atoms with Crippen molar-refractivity contribution in [2.45, 2.75) is 39.2 Å². The Morgan fingerprint density at radius 2 is 2.15 bits per heavy atom. The Kier molecular flexibility index (Phi) is 5.99. The quantitative estimate of drug-likeness (QED) is 0.698. The minimum atomic E-state index is 0.633. The Morgan fingerprint density at radius 3 is 2.80 bits per heavy atom. The van der Waals surface area contributed by atoms with Gasteiger partial charge in [0.2, 0.25) is 0 Å². The highest BCUT2D eigenvalue weighted by Gasteiger charge is 2.21. The molecule has 1 saturated carbocycles. The smallest absolute Gasteiger partial charge is 0.179 e. The lowest BCUT2D eigenvalue weighted by Gasteiger charge is -2.14. The highest BCUT2D eigenvalue weighted by atomic mass is 35.5. The molecular weight excluding hydrogens is 274 g/mol. The number of hydrogen-bond donors (Lipinski definition) is 1. The van der Waals surface area contributed by atoms with Gasteiger partial charge in [-0.25, -0.2) is 0 Å². The van der Waals surface area contributed by atoms with Crippen molar-refractivity contribution in [3.8, 4) is 11.5 Å². The zero-order chi connectivity index (χ0) is 14.4. The number of methoxy groups -OCH3 is 1. The average molecular weight is 298 g/mol. The summed E-state index contributed by atoms with van der Waals surface area (Å²) < 4.78 is 11.2. The summed E-state index contributed by atoms with van der Waals surface area (Å²) in [7, 11) is 1.66. The molecule has 1 aromatic rings. The van der Waals surface area contributed by atoms with Crippen LogP contribution in [0.1, 0.15) is 38.2 Å². The van der Waals surface area contributed by atoms with Crippen LogP contribution in [0.5, 0.6) is 11.5 Å². The first-order valence-corrected chi connectivity index (χ1v) is 7.82. The van der Waals surface area contributed by atoms with Gasteiger partial charge in [-0.05, 0) is 43.0 Å². The van der Waals surface area contributed by atoms with E-state index in [1.807, 2.05) is 12.1 Å². The lowest BCUT2D eigenvalue weighted by Crippen LogP contribution is -2.14. The molecule has 3 nitrogen and oxygen atoms in total. The summed E-state index contributed by atoms with van der Waals surface area (Å²) in [6.45, 7) is 4.66.